The standard InChI is InChI=1S/C22H25N3O3/c1-15-4-5-19-18(11-15)21(27)24-14-22(28-19)8-6-17(7-9-22)25-20(26)12-16-3-2-10-23-13-16/h2-5,10-11,13,17H,6-9,12,14H2,1H3,(H,24,27)(H,25,26). The van der Waals surface area contributed by atoms with Gasteiger partial charge in [-0.25, -0.2) is 0 Å². The van der Waals surface area contributed by atoms with E-state index in [0.717, 1.165) is 36.8 Å². The molecule has 1 aromatic carbocycles. The van der Waals surface area contributed by atoms with E-state index in [1.165, 1.54) is 0 Å². The second-order valence-corrected chi connectivity index (χ2v) is 7.85. The number of carbonyl (C=O) groups excluding carboxylic acids is 2. The summed E-state index contributed by atoms with van der Waals surface area (Å²) in [6.45, 7) is 2.46. The van der Waals surface area contributed by atoms with Crippen molar-refractivity contribution in [3.63, 3.8) is 0 Å². The van der Waals surface area contributed by atoms with Crippen LogP contribution in [0.1, 0.15) is 47.2 Å². The number of carbonyl (C=O) groups is 2. The largest absolute Gasteiger partial charge is 0.485 e. The average Bonchev–Trinajstić information content (AvgIpc) is 2.82. The first kappa shape index (κ1) is 18.5. The normalized spacial score (nSPS) is 23.9. The van der Waals surface area contributed by atoms with Gasteiger partial charge < -0.3 is 15.4 Å². The summed E-state index contributed by atoms with van der Waals surface area (Å²) < 4.78 is 6.36. The van der Waals surface area contributed by atoms with Gasteiger partial charge in [0.2, 0.25) is 5.91 Å². The molecule has 2 heterocycles. The van der Waals surface area contributed by atoms with Crippen molar-refractivity contribution in [3.8, 4) is 5.75 Å². The molecule has 0 bridgehead atoms. The number of rotatable bonds is 3. The minimum atomic E-state index is -0.402. The Kier molecular flexibility index (Phi) is 5.03. The fraction of sp³-hybridized carbons (Fsp3) is 0.409. The fourth-order valence-corrected chi connectivity index (χ4v) is 4.05. The van der Waals surface area contributed by atoms with E-state index in [1.54, 1.807) is 12.4 Å². The maximum absolute atomic E-state index is 12.4. The van der Waals surface area contributed by atoms with Crippen LogP contribution in [0.3, 0.4) is 0 Å². The number of ether oxygens (including phenoxy) is 1. The van der Waals surface area contributed by atoms with Gasteiger partial charge in [-0.2, -0.15) is 0 Å². The van der Waals surface area contributed by atoms with Crippen molar-refractivity contribution >= 4 is 11.8 Å². The van der Waals surface area contributed by atoms with Gasteiger partial charge in [0, 0.05) is 18.4 Å². The van der Waals surface area contributed by atoms with Gasteiger partial charge in [0.25, 0.3) is 5.91 Å². The maximum Gasteiger partial charge on any atom is 0.255 e. The predicted molar refractivity (Wildman–Crippen MR) is 105 cm³/mol. The highest BCUT2D eigenvalue weighted by molar-refractivity contribution is 5.97. The minimum absolute atomic E-state index is 0.0184. The van der Waals surface area contributed by atoms with Gasteiger partial charge in [0.1, 0.15) is 11.4 Å². The van der Waals surface area contributed by atoms with Crippen LogP contribution in [0.15, 0.2) is 42.7 Å². The molecule has 0 radical (unpaired) electrons. The quantitative estimate of drug-likeness (QED) is 0.859. The monoisotopic (exact) mass is 379 g/mol. The van der Waals surface area contributed by atoms with E-state index in [0.29, 0.717) is 24.3 Å². The van der Waals surface area contributed by atoms with Gasteiger partial charge >= 0.3 is 0 Å². The molecule has 4 rings (SSSR count). The molecule has 6 heteroatoms. The Morgan fingerprint density at radius 1 is 1.32 bits per heavy atom. The summed E-state index contributed by atoms with van der Waals surface area (Å²) in [7, 11) is 0. The molecule has 2 amide bonds. The molecular weight excluding hydrogens is 354 g/mol. The first-order chi connectivity index (χ1) is 13.5. The summed E-state index contributed by atoms with van der Waals surface area (Å²) in [5.41, 5.74) is 2.15. The van der Waals surface area contributed by atoms with Gasteiger partial charge in [-0.1, -0.05) is 17.7 Å². The molecule has 1 aromatic heterocycles. The average molecular weight is 379 g/mol. The predicted octanol–water partition coefficient (Wildman–Crippen LogP) is 2.55. The van der Waals surface area contributed by atoms with Gasteiger partial charge in [0.05, 0.1) is 18.5 Å². The van der Waals surface area contributed by atoms with E-state index in [2.05, 4.69) is 15.6 Å². The van der Waals surface area contributed by atoms with E-state index < -0.39 is 5.60 Å². The van der Waals surface area contributed by atoms with Crippen molar-refractivity contribution in [2.75, 3.05) is 6.54 Å². The minimum Gasteiger partial charge on any atom is -0.485 e. The lowest BCUT2D eigenvalue weighted by atomic mass is 9.81. The molecule has 2 N–H and O–H groups in total. The lowest BCUT2D eigenvalue weighted by Gasteiger charge is -2.39. The number of nitrogens with zero attached hydrogens (tertiary/aromatic N) is 1. The fourth-order valence-electron chi connectivity index (χ4n) is 4.05. The summed E-state index contributed by atoms with van der Waals surface area (Å²) in [6.07, 6.45) is 7.00. The van der Waals surface area contributed by atoms with Crippen LogP contribution in [0.25, 0.3) is 0 Å². The SMILES string of the molecule is Cc1ccc2c(c1)C(=O)NCC1(CCC(NC(=O)Cc3cccnc3)CC1)O2. The van der Waals surface area contributed by atoms with Crippen molar-refractivity contribution in [1.29, 1.82) is 0 Å². The molecule has 1 spiro atoms. The third kappa shape index (κ3) is 4.01. The van der Waals surface area contributed by atoms with Crippen LogP contribution in [0.2, 0.25) is 0 Å². The lowest BCUT2D eigenvalue weighted by molar-refractivity contribution is -0.121. The molecule has 1 aliphatic carbocycles. The Balaban J connectivity index is 1.37. The summed E-state index contributed by atoms with van der Waals surface area (Å²) in [4.78, 5) is 28.8. The zero-order chi connectivity index (χ0) is 19.6. The van der Waals surface area contributed by atoms with E-state index >= 15 is 0 Å². The summed E-state index contributed by atoms with van der Waals surface area (Å²) >= 11 is 0. The third-order valence-electron chi connectivity index (χ3n) is 5.63. The molecular formula is C22H25N3O3. The molecule has 1 saturated carbocycles. The number of hydrogen-bond donors (Lipinski definition) is 2. The van der Waals surface area contributed by atoms with E-state index in [1.807, 2.05) is 37.3 Å². The highest BCUT2D eigenvalue weighted by Gasteiger charge is 2.40. The Labute approximate surface area is 164 Å². The Hall–Kier alpha value is -2.89. The van der Waals surface area contributed by atoms with E-state index in [-0.39, 0.29) is 17.9 Å². The number of aromatic nitrogens is 1. The van der Waals surface area contributed by atoms with Gasteiger partial charge in [-0.05, 0) is 56.4 Å². The highest BCUT2D eigenvalue weighted by Crippen LogP contribution is 2.36. The van der Waals surface area contributed by atoms with Crippen LogP contribution in [0.5, 0.6) is 5.75 Å². The number of pyridine rings is 1. The van der Waals surface area contributed by atoms with Crippen LogP contribution < -0.4 is 15.4 Å². The van der Waals surface area contributed by atoms with Crippen LogP contribution in [0, 0.1) is 6.92 Å². The number of hydrogen-bond acceptors (Lipinski definition) is 4. The molecule has 1 fully saturated rings. The zero-order valence-corrected chi connectivity index (χ0v) is 16.0. The molecule has 0 saturated heterocycles. The van der Waals surface area contributed by atoms with Gasteiger partial charge in [0.15, 0.2) is 0 Å². The van der Waals surface area contributed by atoms with Crippen molar-refractivity contribution < 1.29 is 14.3 Å². The second kappa shape index (κ2) is 7.62. The molecule has 1 aliphatic heterocycles. The molecule has 6 nitrogen and oxygen atoms in total. The molecule has 0 atom stereocenters. The zero-order valence-electron chi connectivity index (χ0n) is 16.0. The van der Waals surface area contributed by atoms with Crippen molar-refractivity contribution in [3.05, 3.63) is 59.4 Å². The Bertz CT molecular complexity index is 874. The molecule has 146 valence electrons. The highest BCUT2D eigenvalue weighted by atomic mass is 16.5. The number of benzene rings is 1. The van der Waals surface area contributed by atoms with Crippen LogP contribution in [-0.4, -0.2) is 35.0 Å². The summed E-state index contributed by atoms with van der Waals surface area (Å²) in [6, 6.07) is 9.60. The van der Waals surface area contributed by atoms with Gasteiger partial charge in [-0.3, -0.25) is 14.6 Å². The first-order valence-electron chi connectivity index (χ1n) is 9.79. The molecule has 28 heavy (non-hydrogen) atoms. The molecule has 0 unspecified atom stereocenters. The van der Waals surface area contributed by atoms with E-state index in [4.69, 9.17) is 4.74 Å². The smallest absolute Gasteiger partial charge is 0.255 e. The van der Waals surface area contributed by atoms with Crippen LogP contribution >= 0.6 is 0 Å². The van der Waals surface area contributed by atoms with Crippen molar-refractivity contribution in [1.82, 2.24) is 15.6 Å². The number of aryl methyl sites for hydroxylation is 1. The van der Waals surface area contributed by atoms with Crippen molar-refractivity contribution in [2.24, 2.45) is 0 Å². The lowest BCUT2D eigenvalue weighted by Crippen LogP contribution is -2.51. The Morgan fingerprint density at radius 2 is 2.14 bits per heavy atom. The van der Waals surface area contributed by atoms with Crippen LogP contribution in [-0.2, 0) is 11.2 Å². The van der Waals surface area contributed by atoms with Crippen LogP contribution in [0.4, 0.5) is 0 Å². The molecule has 2 aromatic rings. The summed E-state index contributed by atoms with van der Waals surface area (Å²) in [5.74, 6) is 0.590. The third-order valence-corrected chi connectivity index (χ3v) is 5.63. The topological polar surface area (TPSA) is 80.3 Å². The van der Waals surface area contributed by atoms with E-state index in [9.17, 15) is 9.59 Å². The summed E-state index contributed by atoms with van der Waals surface area (Å²) in [5, 5.41) is 6.15. The first-order valence-corrected chi connectivity index (χ1v) is 9.79. The number of fused-ring (bicyclic) bond motifs is 1. The van der Waals surface area contributed by atoms with Crippen molar-refractivity contribution in [2.45, 2.75) is 50.7 Å². The number of amides is 2. The second-order valence-electron chi connectivity index (χ2n) is 7.85. The Morgan fingerprint density at radius 3 is 2.89 bits per heavy atom. The maximum atomic E-state index is 12.4. The number of nitrogens with one attached hydrogen (secondary N) is 2. The van der Waals surface area contributed by atoms with Gasteiger partial charge in [-0.15, -0.1) is 0 Å². The molecule has 2 aliphatic rings.